The van der Waals surface area contributed by atoms with Gasteiger partial charge in [-0.2, -0.15) is 0 Å². The normalized spacial score (nSPS) is 10.5. The fourth-order valence-electron chi connectivity index (χ4n) is 2.31. The van der Waals surface area contributed by atoms with Crippen molar-refractivity contribution in [3.63, 3.8) is 0 Å². The number of hydrogen-bond acceptors (Lipinski definition) is 4. The number of ketones is 1. The molecule has 1 aromatic heterocycles. The smallest absolute Gasteiger partial charge is 0.323 e. The lowest BCUT2D eigenvalue weighted by Crippen LogP contribution is -2.08. The molecule has 0 unspecified atom stereocenters. The molecule has 0 atom stereocenters. The Morgan fingerprint density at radius 1 is 1.00 bits per heavy atom. The molecule has 0 radical (unpaired) electrons. The highest BCUT2D eigenvalue weighted by atomic mass is 16.1. The van der Waals surface area contributed by atoms with Gasteiger partial charge in [-0.15, -0.1) is 0 Å². The van der Waals surface area contributed by atoms with E-state index in [2.05, 4.69) is 27.2 Å². The van der Waals surface area contributed by atoms with Crippen LogP contribution in [0.1, 0.15) is 17.3 Å². The number of benzene rings is 2. The molecule has 0 aliphatic carbocycles. The number of anilines is 2. The van der Waals surface area contributed by atoms with Gasteiger partial charge in [-0.25, -0.2) is 4.79 Å². The summed E-state index contributed by atoms with van der Waals surface area (Å²) >= 11 is 0. The van der Waals surface area contributed by atoms with E-state index in [-0.39, 0.29) is 11.5 Å². The maximum Gasteiger partial charge on any atom is 0.323 e. The maximum atomic E-state index is 11.4. The molecule has 6 nitrogen and oxygen atoms in total. The monoisotopic (exact) mass is 308 g/mol. The number of rotatable bonds is 5. The van der Waals surface area contributed by atoms with Crippen LogP contribution in [-0.2, 0) is 0 Å². The Hall–Kier alpha value is -3.28. The van der Waals surface area contributed by atoms with E-state index in [9.17, 15) is 9.59 Å². The van der Waals surface area contributed by atoms with E-state index >= 15 is 0 Å². The fraction of sp³-hybridized carbons (Fsp3) is 0.0588. The van der Waals surface area contributed by atoms with Gasteiger partial charge in [0.15, 0.2) is 5.78 Å². The largest absolute Gasteiger partial charge is 0.342 e. The third-order valence-corrected chi connectivity index (χ3v) is 3.38. The third-order valence-electron chi connectivity index (χ3n) is 3.38. The highest BCUT2D eigenvalue weighted by molar-refractivity contribution is 5.95. The minimum atomic E-state index is -0.241. The summed E-state index contributed by atoms with van der Waals surface area (Å²) in [6.07, 6.45) is 0. The molecule has 1 heterocycles. The minimum absolute atomic E-state index is 0.00841. The summed E-state index contributed by atoms with van der Waals surface area (Å²) in [6.45, 7) is 5.45. The summed E-state index contributed by atoms with van der Waals surface area (Å²) in [5.74, 6) is 0.567. The molecule has 3 rings (SSSR count). The van der Waals surface area contributed by atoms with Crippen LogP contribution < -0.4 is 16.3 Å². The van der Waals surface area contributed by atoms with Crippen molar-refractivity contribution in [1.82, 2.24) is 9.97 Å². The second kappa shape index (κ2) is 5.84. The van der Waals surface area contributed by atoms with Gasteiger partial charge in [0.2, 0.25) is 0 Å². The molecule has 6 heteroatoms. The van der Waals surface area contributed by atoms with Gasteiger partial charge < -0.3 is 20.6 Å². The maximum absolute atomic E-state index is 11.4. The van der Waals surface area contributed by atoms with Gasteiger partial charge in [0.05, 0.1) is 11.0 Å². The number of hydrogen-bond donors (Lipinski definition) is 4. The number of carbonyl (C=O) groups excluding carboxylic acids is 1. The Morgan fingerprint density at radius 2 is 1.70 bits per heavy atom. The van der Waals surface area contributed by atoms with Crippen molar-refractivity contribution in [1.29, 1.82) is 0 Å². The number of aromatic amines is 2. The van der Waals surface area contributed by atoms with Crippen molar-refractivity contribution in [3.8, 4) is 0 Å². The lowest BCUT2D eigenvalue weighted by Gasteiger charge is -2.13. The van der Waals surface area contributed by atoms with E-state index in [1.165, 1.54) is 6.92 Å². The first kappa shape index (κ1) is 14.6. The minimum Gasteiger partial charge on any atom is -0.342 e. The molecular weight excluding hydrogens is 292 g/mol. The highest BCUT2D eigenvalue weighted by Gasteiger charge is 2.03. The lowest BCUT2D eigenvalue weighted by atomic mass is 10.1. The Morgan fingerprint density at radius 3 is 2.43 bits per heavy atom. The number of carbonyl (C=O) groups is 1. The molecule has 3 aromatic rings. The Balaban J connectivity index is 1.74. The van der Waals surface area contributed by atoms with Crippen molar-refractivity contribution < 1.29 is 4.79 Å². The number of H-pyrrole nitrogens is 2. The molecule has 0 spiro atoms. The Bertz CT molecular complexity index is 952. The molecule has 23 heavy (non-hydrogen) atoms. The molecule has 0 saturated heterocycles. The van der Waals surface area contributed by atoms with Crippen molar-refractivity contribution >= 4 is 28.2 Å². The van der Waals surface area contributed by atoms with Gasteiger partial charge in [-0.3, -0.25) is 4.79 Å². The summed E-state index contributed by atoms with van der Waals surface area (Å²) in [6, 6.07) is 12.6. The number of fused-ring (bicyclic) bond motifs is 1. The standard InChI is InChI=1S/C17H16N4O2/c1-10(22)12-4-3-5-13(8-12)18-11(2)19-14-6-7-15-16(9-14)21-17(23)20-15/h3-9,18-19H,2H2,1H3,(H2,20,21,23). The number of nitrogens with one attached hydrogen (secondary N) is 4. The molecule has 0 amide bonds. The summed E-state index contributed by atoms with van der Waals surface area (Å²) in [7, 11) is 0. The second-order valence-corrected chi connectivity index (χ2v) is 5.21. The molecular formula is C17H16N4O2. The topological polar surface area (TPSA) is 89.8 Å². The average molecular weight is 308 g/mol. The molecule has 116 valence electrons. The van der Waals surface area contributed by atoms with E-state index in [0.717, 1.165) is 16.9 Å². The van der Waals surface area contributed by atoms with Crippen LogP contribution in [0.5, 0.6) is 0 Å². The van der Waals surface area contributed by atoms with Crippen LogP contribution in [0.15, 0.2) is 59.7 Å². The molecule has 4 N–H and O–H groups in total. The van der Waals surface area contributed by atoms with E-state index in [1.54, 1.807) is 18.2 Å². The molecule has 0 aliphatic heterocycles. The zero-order valence-corrected chi connectivity index (χ0v) is 12.6. The quantitative estimate of drug-likeness (QED) is 0.545. The van der Waals surface area contributed by atoms with Crippen molar-refractivity contribution in [3.05, 3.63) is 70.9 Å². The number of aromatic nitrogens is 2. The number of Topliss-reactive ketones (excluding diaryl/α,β-unsaturated/α-hetero) is 1. The average Bonchev–Trinajstić information content (AvgIpc) is 2.86. The zero-order chi connectivity index (χ0) is 16.4. The van der Waals surface area contributed by atoms with Crippen LogP contribution in [0.4, 0.5) is 11.4 Å². The lowest BCUT2D eigenvalue weighted by molar-refractivity contribution is 0.101. The molecule has 0 fully saturated rings. The van der Waals surface area contributed by atoms with E-state index in [1.807, 2.05) is 24.3 Å². The molecule has 0 aliphatic rings. The van der Waals surface area contributed by atoms with E-state index in [4.69, 9.17) is 0 Å². The number of imidazole rings is 1. The fourth-order valence-corrected chi connectivity index (χ4v) is 2.31. The van der Waals surface area contributed by atoms with Gasteiger partial charge in [-0.1, -0.05) is 18.7 Å². The summed E-state index contributed by atoms with van der Waals surface area (Å²) in [5.41, 5.74) is 3.41. The van der Waals surface area contributed by atoms with Crippen LogP contribution in [0.3, 0.4) is 0 Å². The predicted molar refractivity (Wildman–Crippen MR) is 91.8 cm³/mol. The first-order chi connectivity index (χ1) is 11.0. The summed E-state index contributed by atoms with van der Waals surface area (Å²) in [4.78, 5) is 28.1. The van der Waals surface area contributed by atoms with Crippen molar-refractivity contribution in [2.45, 2.75) is 6.92 Å². The summed E-state index contributed by atoms with van der Waals surface area (Å²) < 4.78 is 0. The van der Waals surface area contributed by atoms with Crippen LogP contribution in [0, 0.1) is 0 Å². The van der Waals surface area contributed by atoms with Gasteiger partial charge in [0, 0.05) is 16.9 Å². The van der Waals surface area contributed by atoms with Gasteiger partial charge in [0.25, 0.3) is 0 Å². The highest BCUT2D eigenvalue weighted by Crippen LogP contribution is 2.18. The van der Waals surface area contributed by atoms with Gasteiger partial charge >= 0.3 is 5.69 Å². The summed E-state index contributed by atoms with van der Waals surface area (Å²) in [5, 5.41) is 6.22. The Kier molecular flexibility index (Phi) is 3.72. The molecule has 0 bridgehead atoms. The van der Waals surface area contributed by atoms with Crippen molar-refractivity contribution in [2.75, 3.05) is 10.6 Å². The van der Waals surface area contributed by atoms with Gasteiger partial charge in [0.1, 0.15) is 5.82 Å². The van der Waals surface area contributed by atoms with Crippen LogP contribution in [0.2, 0.25) is 0 Å². The molecule has 2 aromatic carbocycles. The second-order valence-electron chi connectivity index (χ2n) is 5.21. The van der Waals surface area contributed by atoms with E-state index in [0.29, 0.717) is 16.9 Å². The van der Waals surface area contributed by atoms with Crippen LogP contribution in [0.25, 0.3) is 11.0 Å². The zero-order valence-electron chi connectivity index (χ0n) is 12.6. The van der Waals surface area contributed by atoms with Gasteiger partial charge in [-0.05, 0) is 37.3 Å². The van der Waals surface area contributed by atoms with E-state index < -0.39 is 0 Å². The molecule has 0 saturated carbocycles. The third kappa shape index (κ3) is 3.32. The van der Waals surface area contributed by atoms with Crippen molar-refractivity contribution in [2.24, 2.45) is 0 Å². The predicted octanol–water partition coefficient (Wildman–Crippen LogP) is 3.05. The Labute approximate surface area is 132 Å². The first-order valence-electron chi connectivity index (χ1n) is 7.07. The first-order valence-corrected chi connectivity index (χ1v) is 7.07. The van der Waals surface area contributed by atoms with Crippen LogP contribution in [-0.4, -0.2) is 15.8 Å². The van der Waals surface area contributed by atoms with Crippen LogP contribution >= 0.6 is 0 Å². The SMILES string of the molecule is C=C(Nc1cccc(C(C)=O)c1)Nc1ccc2[nH]c(=O)[nH]c2c1.